The molecule has 0 radical (unpaired) electrons. The van der Waals surface area contributed by atoms with Crippen LogP contribution in [0.3, 0.4) is 0 Å². The van der Waals surface area contributed by atoms with Crippen LogP contribution in [0.15, 0.2) is 42.5 Å². The number of anilines is 2. The van der Waals surface area contributed by atoms with Crippen molar-refractivity contribution in [3.8, 4) is 11.5 Å². The van der Waals surface area contributed by atoms with E-state index in [2.05, 4.69) is 10.6 Å². The molecule has 1 heterocycles. The largest absolute Gasteiger partial charge is 0.490 e. The van der Waals surface area contributed by atoms with E-state index in [1.165, 1.54) is 12.1 Å². The van der Waals surface area contributed by atoms with Crippen LogP contribution in [-0.2, 0) is 11.0 Å². The predicted molar refractivity (Wildman–Crippen MR) is 95.2 cm³/mol. The average molecular weight is 380 g/mol. The molecule has 0 fully saturated rings. The van der Waals surface area contributed by atoms with Crippen LogP contribution < -0.4 is 20.1 Å². The van der Waals surface area contributed by atoms with E-state index < -0.39 is 17.8 Å². The number of rotatable bonds is 4. The Morgan fingerprint density at radius 1 is 1.00 bits per heavy atom. The molecule has 27 heavy (non-hydrogen) atoms. The van der Waals surface area contributed by atoms with Crippen LogP contribution in [-0.4, -0.2) is 25.2 Å². The maximum atomic E-state index is 12.6. The summed E-state index contributed by atoms with van der Waals surface area (Å²) in [6, 6.07) is 8.98. The monoisotopic (exact) mass is 380 g/mol. The summed E-state index contributed by atoms with van der Waals surface area (Å²) in [7, 11) is 0. The maximum absolute atomic E-state index is 12.6. The van der Waals surface area contributed by atoms with Crippen molar-refractivity contribution in [3.63, 3.8) is 0 Å². The Morgan fingerprint density at radius 3 is 2.30 bits per heavy atom. The maximum Gasteiger partial charge on any atom is 0.416 e. The number of ether oxygens (including phenoxy) is 2. The van der Waals surface area contributed by atoms with Gasteiger partial charge >= 0.3 is 6.18 Å². The molecule has 1 atom stereocenters. The van der Waals surface area contributed by atoms with Crippen LogP contribution in [0, 0.1) is 0 Å². The molecule has 1 aliphatic rings. The van der Waals surface area contributed by atoms with Gasteiger partial charge in [-0.3, -0.25) is 4.79 Å². The standard InChI is InChI=1S/C19H19F3N2O3/c1-12(18(25)24-14-5-3-13(4-6-14)19(20,21)22)23-15-7-8-16-17(11-15)27-10-2-9-26-16/h3-8,11-12,23H,2,9-10H2,1H3,(H,24,25)/t12-/m1/s1. The van der Waals surface area contributed by atoms with Crippen molar-refractivity contribution in [2.24, 2.45) is 0 Å². The molecular weight excluding hydrogens is 361 g/mol. The summed E-state index contributed by atoms with van der Waals surface area (Å²) in [6.45, 7) is 2.80. The number of carbonyl (C=O) groups is 1. The fourth-order valence-corrected chi connectivity index (χ4v) is 2.56. The summed E-state index contributed by atoms with van der Waals surface area (Å²) < 4.78 is 48.9. The zero-order valence-corrected chi connectivity index (χ0v) is 14.6. The third-order valence-electron chi connectivity index (χ3n) is 4.00. The molecular formula is C19H19F3N2O3. The highest BCUT2D eigenvalue weighted by Crippen LogP contribution is 2.32. The summed E-state index contributed by atoms with van der Waals surface area (Å²) in [6.07, 6.45) is -3.61. The summed E-state index contributed by atoms with van der Waals surface area (Å²) in [4.78, 5) is 12.3. The lowest BCUT2D eigenvalue weighted by Gasteiger charge is -2.17. The highest BCUT2D eigenvalue weighted by Gasteiger charge is 2.30. The third kappa shape index (κ3) is 4.84. The molecule has 2 aromatic carbocycles. The van der Waals surface area contributed by atoms with Gasteiger partial charge in [-0.2, -0.15) is 13.2 Å². The molecule has 0 unspecified atom stereocenters. The van der Waals surface area contributed by atoms with E-state index in [0.29, 0.717) is 36.1 Å². The van der Waals surface area contributed by atoms with E-state index in [9.17, 15) is 18.0 Å². The number of amides is 1. The van der Waals surface area contributed by atoms with E-state index in [1.807, 2.05) is 0 Å². The lowest BCUT2D eigenvalue weighted by Crippen LogP contribution is -2.31. The fourth-order valence-electron chi connectivity index (χ4n) is 2.56. The van der Waals surface area contributed by atoms with Gasteiger partial charge in [-0.1, -0.05) is 0 Å². The average Bonchev–Trinajstić information content (AvgIpc) is 2.86. The van der Waals surface area contributed by atoms with Gasteiger partial charge in [0, 0.05) is 23.9 Å². The van der Waals surface area contributed by atoms with E-state index >= 15 is 0 Å². The van der Waals surface area contributed by atoms with Gasteiger partial charge in [0.05, 0.1) is 18.8 Å². The summed E-state index contributed by atoms with van der Waals surface area (Å²) in [5, 5.41) is 5.63. The number of fused-ring (bicyclic) bond motifs is 1. The Labute approximate surface area is 154 Å². The van der Waals surface area contributed by atoms with Crippen molar-refractivity contribution in [3.05, 3.63) is 48.0 Å². The van der Waals surface area contributed by atoms with Gasteiger partial charge < -0.3 is 20.1 Å². The van der Waals surface area contributed by atoms with Crippen LogP contribution in [0.1, 0.15) is 18.9 Å². The van der Waals surface area contributed by atoms with Crippen LogP contribution in [0.4, 0.5) is 24.5 Å². The van der Waals surface area contributed by atoms with E-state index in [0.717, 1.165) is 18.6 Å². The van der Waals surface area contributed by atoms with Gasteiger partial charge in [0.25, 0.3) is 0 Å². The van der Waals surface area contributed by atoms with Crippen molar-refractivity contribution >= 4 is 17.3 Å². The van der Waals surface area contributed by atoms with E-state index in [-0.39, 0.29) is 5.91 Å². The Morgan fingerprint density at radius 2 is 1.63 bits per heavy atom. The third-order valence-corrected chi connectivity index (χ3v) is 4.00. The van der Waals surface area contributed by atoms with E-state index in [4.69, 9.17) is 9.47 Å². The van der Waals surface area contributed by atoms with Crippen molar-refractivity contribution in [1.82, 2.24) is 0 Å². The molecule has 8 heteroatoms. The minimum Gasteiger partial charge on any atom is -0.490 e. The van der Waals surface area contributed by atoms with Crippen LogP contribution in [0.5, 0.6) is 11.5 Å². The highest BCUT2D eigenvalue weighted by atomic mass is 19.4. The topological polar surface area (TPSA) is 59.6 Å². The number of hydrogen-bond acceptors (Lipinski definition) is 4. The zero-order valence-electron chi connectivity index (χ0n) is 14.6. The smallest absolute Gasteiger partial charge is 0.416 e. The molecule has 0 aliphatic carbocycles. The number of halogens is 3. The molecule has 1 aliphatic heterocycles. The lowest BCUT2D eigenvalue weighted by atomic mass is 10.2. The Balaban J connectivity index is 1.61. The molecule has 144 valence electrons. The summed E-state index contributed by atoms with van der Waals surface area (Å²) >= 11 is 0. The molecule has 0 spiro atoms. The first kappa shape index (κ1) is 18.9. The molecule has 2 N–H and O–H groups in total. The molecule has 2 aromatic rings. The Kier molecular flexibility index (Phi) is 5.43. The molecule has 5 nitrogen and oxygen atoms in total. The first-order chi connectivity index (χ1) is 12.8. The Hall–Kier alpha value is -2.90. The second kappa shape index (κ2) is 7.77. The van der Waals surface area contributed by atoms with Gasteiger partial charge in [-0.05, 0) is 43.3 Å². The number of carbonyl (C=O) groups excluding carboxylic acids is 1. The van der Waals surface area contributed by atoms with Crippen LogP contribution >= 0.6 is 0 Å². The first-order valence-corrected chi connectivity index (χ1v) is 8.47. The first-order valence-electron chi connectivity index (χ1n) is 8.47. The fraction of sp³-hybridized carbons (Fsp3) is 0.316. The normalized spacial score (nSPS) is 14.8. The Bertz CT molecular complexity index is 807. The van der Waals surface area contributed by atoms with Gasteiger partial charge in [0.1, 0.15) is 6.04 Å². The van der Waals surface area contributed by atoms with Crippen LogP contribution in [0.25, 0.3) is 0 Å². The second-order valence-electron chi connectivity index (χ2n) is 6.14. The molecule has 0 bridgehead atoms. The highest BCUT2D eigenvalue weighted by molar-refractivity contribution is 5.96. The van der Waals surface area contributed by atoms with Crippen molar-refractivity contribution in [1.29, 1.82) is 0 Å². The molecule has 1 amide bonds. The van der Waals surface area contributed by atoms with Gasteiger partial charge in [-0.15, -0.1) is 0 Å². The summed E-state index contributed by atoms with van der Waals surface area (Å²) in [5.41, 5.74) is 0.202. The SMILES string of the molecule is C[C@@H](Nc1ccc2c(c1)OCCCO2)C(=O)Nc1ccc(C(F)(F)F)cc1. The lowest BCUT2D eigenvalue weighted by molar-refractivity contribution is -0.137. The minimum atomic E-state index is -4.41. The number of benzene rings is 2. The molecule has 0 saturated heterocycles. The number of alkyl halides is 3. The van der Waals surface area contributed by atoms with Crippen molar-refractivity contribution < 1.29 is 27.4 Å². The predicted octanol–water partition coefficient (Wildman–Crippen LogP) is 4.31. The van der Waals surface area contributed by atoms with Crippen molar-refractivity contribution in [2.45, 2.75) is 25.6 Å². The molecule has 0 aromatic heterocycles. The zero-order chi connectivity index (χ0) is 19.4. The molecule has 3 rings (SSSR count). The summed E-state index contributed by atoms with van der Waals surface area (Å²) in [5.74, 6) is 0.884. The number of hydrogen-bond donors (Lipinski definition) is 2. The second-order valence-corrected chi connectivity index (χ2v) is 6.14. The van der Waals surface area contributed by atoms with Gasteiger partial charge in [0.2, 0.25) is 5.91 Å². The van der Waals surface area contributed by atoms with E-state index in [1.54, 1.807) is 25.1 Å². The van der Waals surface area contributed by atoms with Crippen molar-refractivity contribution in [2.75, 3.05) is 23.8 Å². The minimum absolute atomic E-state index is 0.292. The quantitative estimate of drug-likeness (QED) is 0.830. The number of nitrogens with one attached hydrogen (secondary N) is 2. The van der Waals surface area contributed by atoms with Gasteiger partial charge in [-0.25, -0.2) is 0 Å². The molecule has 0 saturated carbocycles. The van der Waals surface area contributed by atoms with Crippen LogP contribution in [0.2, 0.25) is 0 Å². The van der Waals surface area contributed by atoms with Gasteiger partial charge in [0.15, 0.2) is 11.5 Å².